The molecule has 0 aliphatic carbocycles. The maximum Gasteiger partial charge on any atom is 0.132 e. The van der Waals surface area contributed by atoms with Crippen LogP contribution >= 0.6 is 0 Å². The summed E-state index contributed by atoms with van der Waals surface area (Å²) in [5.41, 5.74) is 2.18. The van der Waals surface area contributed by atoms with Crippen molar-refractivity contribution in [3.8, 4) is 5.75 Å². The van der Waals surface area contributed by atoms with Gasteiger partial charge in [0.15, 0.2) is 0 Å². The van der Waals surface area contributed by atoms with Crippen molar-refractivity contribution in [2.45, 2.75) is 20.4 Å². The van der Waals surface area contributed by atoms with E-state index in [1.165, 1.54) is 5.56 Å². The smallest absolute Gasteiger partial charge is 0.132 e. The van der Waals surface area contributed by atoms with Gasteiger partial charge >= 0.3 is 0 Å². The fraction of sp³-hybridized carbons (Fsp3) is 0.333. The molecule has 1 aromatic carbocycles. The molecular formula is C15H19N3O. The summed E-state index contributed by atoms with van der Waals surface area (Å²) in [5.74, 6) is 2.61. The second-order valence-electron chi connectivity index (χ2n) is 4.62. The summed E-state index contributed by atoms with van der Waals surface area (Å²) in [7, 11) is 3.71. The maximum atomic E-state index is 5.24. The van der Waals surface area contributed by atoms with Crippen LogP contribution in [0.5, 0.6) is 5.75 Å². The lowest BCUT2D eigenvalue weighted by Gasteiger charge is -2.19. The third-order valence-electron chi connectivity index (χ3n) is 2.90. The molecule has 0 aliphatic rings. The van der Waals surface area contributed by atoms with Crippen molar-refractivity contribution in [3.63, 3.8) is 0 Å². The summed E-state index contributed by atoms with van der Waals surface area (Å²) in [5, 5.41) is 0. The molecule has 0 unspecified atom stereocenters. The second kappa shape index (κ2) is 5.69. The maximum absolute atomic E-state index is 5.24. The summed E-state index contributed by atoms with van der Waals surface area (Å²) >= 11 is 0. The molecule has 0 fully saturated rings. The van der Waals surface area contributed by atoms with Crippen LogP contribution in [0, 0.1) is 13.8 Å². The number of anilines is 1. The van der Waals surface area contributed by atoms with Crippen LogP contribution in [0.2, 0.25) is 0 Å². The van der Waals surface area contributed by atoms with Gasteiger partial charge < -0.3 is 9.64 Å². The number of rotatable bonds is 4. The Labute approximate surface area is 114 Å². The van der Waals surface area contributed by atoms with E-state index in [0.717, 1.165) is 29.6 Å². The first kappa shape index (κ1) is 13.3. The zero-order chi connectivity index (χ0) is 13.8. The molecular weight excluding hydrogens is 238 g/mol. The number of hydrogen-bond donors (Lipinski definition) is 0. The third-order valence-corrected chi connectivity index (χ3v) is 2.90. The Kier molecular flexibility index (Phi) is 4.00. The molecule has 0 spiro atoms. The van der Waals surface area contributed by atoms with Crippen molar-refractivity contribution in [3.05, 3.63) is 47.4 Å². The van der Waals surface area contributed by atoms with Crippen LogP contribution in [0.4, 0.5) is 5.82 Å². The topological polar surface area (TPSA) is 38.2 Å². The Balaban J connectivity index is 2.17. The molecule has 100 valence electrons. The first-order chi connectivity index (χ1) is 9.08. The molecule has 2 aromatic rings. The molecule has 1 aromatic heterocycles. The van der Waals surface area contributed by atoms with Gasteiger partial charge in [0.1, 0.15) is 17.4 Å². The van der Waals surface area contributed by atoms with Gasteiger partial charge in [-0.25, -0.2) is 9.97 Å². The van der Waals surface area contributed by atoms with Crippen LogP contribution in [0.1, 0.15) is 17.1 Å². The van der Waals surface area contributed by atoms with E-state index in [9.17, 15) is 0 Å². The number of benzene rings is 1. The molecule has 0 bridgehead atoms. The summed E-state index contributed by atoms with van der Waals surface area (Å²) in [6, 6.07) is 10.1. The minimum absolute atomic E-state index is 0.785. The Morgan fingerprint density at radius 1 is 1.16 bits per heavy atom. The molecule has 0 amide bonds. The minimum Gasteiger partial charge on any atom is -0.497 e. The SMILES string of the molecule is COc1cccc(CN(C)c2cc(C)nc(C)n2)c1. The van der Waals surface area contributed by atoms with E-state index in [0.29, 0.717) is 0 Å². The highest BCUT2D eigenvalue weighted by atomic mass is 16.5. The van der Waals surface area contributed by atoms with Gasteiger partial charge in [-0.2, -0.15) is 0 Å². The molecule has 4 heteroatoms. The normalized spacial score (nSPS) is 10.3. The average molecular weight is 257 g/mol. The lowest BCUT2D eigenvalue weighted by atomic mass is 10.2. The predicted molar refractivity (Wildman–Crippen MR) is 76.6 cm³/mol. The Morgan fingerprint density at radius 3 is 2.63 bits per heavy atom. The first-order valence-corrected chi connectivity index (χ1v) is 6.25. The predicted octanol–water partition coefficient (Wildman–Crippen LogP) is 2.74. The molecule has 4 nitrogen and oxygen atoms in total. The molecule has 0 saturated heterocycles. The van der Waals surface area contributed by atoms with E-state index in [-0.39, 0.29) is 0 Å². The molecule has 1 heterocycles. The molecule has 0 saturated carbocycles. The van der Waals surface area contributed by atoms with E-state index >= 15 is 0 Å². The average Bonchev–Trinajstić information content (AvgIpc) is 2.37. The Hall–Kier alpha value is -2.10. The Bertz CT molecular complexity index is 549. The largest absolute Gasteiger partial charge is 0.497 e. The van der Waals surface area contributed by atoms with Gasteiger partial charge in [-0.3, -0.25) is 0 Å². The van der Waals surface area contributed by atoms with Crippen molar-refractivity contribution < 1.29 is 4.74 Å². The molecule has 0 N–H and O–H groups in total. The number of methoxy groups -OCH3 is 1. The van der Waals surface area contributed by atoms with Crippen molar-refractivity contribution in [2.24, 2.45) is 0 Å². The molecule has 0 radical (unpaired) electrons. The van der Waals surface area contributed by atoms with Crippen LogP contribution in [0.15, 0.2) is 30.3 Å². The van der Waals surface area contributed by atoms with Crippen molar-refractivity contribution in [1.82, 2.24) is 9.97 Å². The van der Waals surface area contributed by atoms with Gasteiger partial charge in [0.05, 0.1) is 7.11 Å². The number of hydrogen-bond acceptors (Lipinski definition) is 4. The lowest BCUT2D eigenvalue weighted by molar-refractivity contribution is 0.414. The van der Waals surface area contributed by atoms with Crippen molar-refractivity contribution >= 4 is 5.82 Å². The zero-order valence-corrected chi connectivity index (χ0v) is 11.8. The summed E-state index contributed by atoms with van der Waals surface area (Å²) in [4.78, 5) is 10.9. The molecule has 0 atom stereocenters. The van der Waals surface area contributed by atoms with Gasteiger partial charge in [-0.1, -0.05) is 12.1 Å². The first-order valence-electron chi connectivity index (χ1n) is 6.25. The van der Waals surface area contributed by atoms with Gasteiger partial charge in [0.25, 0.3) is 0 Å². The van der Waals surface area contributed by atoms with Gasteiger partial charge in [-0.05, 0) is 31.5 Å². The van der Waals surface area contributed by atoms with E-state index < -0.39 is 0 Å². The van der Waals surface area contributed by atoms with Crippen molar-refractivity contribution in [1.29, 1.82) is 0 Å². The highest BCUT2D eigenvalue weighted by molar-refractivity contribution is 5.40. The van der Waals surface area contributed by atoms with E-state index in [1.807, 2.05) is 45.2 Å². The van der Waals surface area contributed by atoms with Crippen LogP contribution < -0.4 is 9.64 Å². The Morgan fingerprint density at radius 2 is 1.95 bits per heavy atom. The summed E-state index contributed by atoms with van der Waals surface area (Å²) < 4.78 is 5.24. The molecule has 2 rings (SSSR count). The van der Waals surface area contributed by atoms with Gasteiger partial charge in [0.2, 0.25) is 0 Å². The standard InChI is InChI=1S/C15H19N3O/c1-11-8-15(17-12(2)16-11)18(3)10-13-6-5-7-14(9-13)19-4/h5-9H,10H2,1-4H3. The highest BCUT2D eigenvalue weighted by Crippen LogP contribution is 2.17. The van der Waals surface area contributed by atoms with Crippen LogP contribution in [-0.4, -0.2) is 24.1 Å². The van der Waals surface area contributed by atoms with Crippen molar-refractivity contribution in [2.75, 3.05) is 19.1 Å². The fourth-order valence-corrected chi connectivity index (χ4v) is 2.02. The van der Waals surface area contributed by atoms with Gasteiger partial charge in [-0.15, -0.1) is 0 Å². The van der Waals surface area contributed by atoms with E-state index in [1.54, 1.807) is 7.11 Å². The number of ether oxygens (including phenoxy) is 1. The second-order valence-corrected chi connectivity index (χ2v) is 4.62. The zero-order valence-electron chi connectivity index (χ0n) is 11.8. The van der Waals surface area contributed by atoms with Crippen LogP contribution in [0.3, 0.4) is 0 Å². The molecule has 0 aliphatic heterocycles. The third kappa shape index (κ3) is 3.44. The van der Waals surface area contributed by atoms with E-state index in [4.69, 9.17) is 4.74 Å². The monoisotopic (exact) mass is 257 g/mol. The van der Waals surface area contributed by atoms with Gasteiger partial charge in [0, 0.05) is 25.4 Å². The highest BCUT2D eigenvalue weighted by Gasteiger charge is 2.06. The molecule has 19 heavy (non-hydrogen) atoms. The lowest BCUT2D eigenvalue weighted by Crippen LogP contribution is -2.18. The number of nitrogens with zero attached hydrogens (tertiary/aromatic N) is 3. The minimum atomic E-state index is 0.785. The summed E-state index contributed by atoms with van der Waals surface area (Å²) in [6.45, 7) is 4.68. The fourth-order valence-electron chi connectivity index (χ4n) is 2.02. The summed E-state index contributed by atoms with van der Waals surface area (Å²) in [6.07, 6.45) is 0. The number of aromatic nitrogens is 2. The quantitative estimate of drug-likeness (QED) is 0.844. The van der Waals surface area contributed by atoms with Crippen LogP contribution in [0.25, 0.3) is 0 Å². The van der Waals surface area contributed by atoms with E-state index in [2.05, 4.69) is 20.9 Å². The van der Waals surface area contributed by atoms with Crippen LogP contribution in [-0.2, 0) is 6.54 Å². The number of aryl methyl sites for hydroxylation is 2.